The van der Waals surface area contributed by atoms with Crippen molar-refractivity contribution in [3.63, 3.8) is 0 Å². The maximum absolute atomic E-state index is 12.7. The number of amides is 1. The van der Waals surface area contributed by atoms with Gasteiger partial charge in [-0.2, -0.15) is 5.26 Å². The van der Waals surface area contributed by atoms with Gasteiger partial charge < -0.3 is 4.90 Å². The van der Waals surface area contributed by atoms with Crippen molar-refractivity contribution < 1.29 is 4.79 Å². The van der Waals surface area contributed by atoms with Crippen LogP contribution in [0.1, 0.15) is 30.0 Å². The highest BCUT2D eigenvalue weighted by Gasteiger charge is 2.29. The van der Waals surface area contributed by atoms with Crippen LogP contribution in [0, 0.1) is 11.3 Å². The molecular formula is C20H24Cl2N4O. The molecule has 2 unspecified atom stereocenters. The second-order valence-corrected chi connectivity index (χ2v) is 6.31. The lowest BCUT2D eigenvalue weighted by Crippen LogP contribution is -2.50. The monoisotopic (exact) mass is 406 g/mol. The number of rotatable bonds is 4. The normalized spacial score (nSPS) is 16.2. The van der Waals surface area contributed by atoms with E-state index in [-0.39, 0.29) is 42.7 Å². The van der Waals surface area contributed by atoms with E-state index in [1.807, 2.05) is 54.3 Å². The summed E-state index contributed by atoms with van der Waals surface area (Å²) in [6.45, 7) is 4.64. The Labute approximate surface area is 172 Å². The van der Waals surface area contributed by atoms with Gasteiger partial charge in [-0.25, -0.2) is 0 Å². The molecule has 0 spiro atoms. The van der Waals surface area contributed by atoms with Crippen molar-refractivity contribution in [2.45, 2.75) is 18.9 Å². The molecule has 144 valence electrons. The summed E-state index contributed by atoms with van der Waals surface area (Å²) in [6, 6.07) is 15.7. The summed E-state index contributed by atoms with van der Waals surface area (Å²) in [5.74, 6) is 0.0126. The maximum Gasteiger partial charge on any atom is 0.229 e. The Morgan fingerprint density at radius 2 is 1.67 bits per heavy atom. The fourth-order valence-corrected chi connectivity index (χ4v) is 3.26. The Morgan fingerprint density at radius 1 is 1.04 bits per heavy atom. The zero-order valence-electron chi connectivity index (χ0n) is 15.2. The van der Waals surface area contributed by atoms with Crippen molar-refractivity contribution in [3.05, 3.63) is 66.0 Å². The van der Waals surface area contributed by atoms with Gasteiger partial charge in [-0.3, -0.25) is 14.7 Å². The number of carbonyl (C=O) groups excluding carboxylic acids is 1. The molecule has 1 amide bonds. The highest BCUT2D eigenvalue weighted by atomic mass is 35.5. The summed E-state index contributed by atoms with van der Waals surface area (Å²) < 4.78 is 0. The predicted molar refractivity (Wildman–Crippen MR) is 110 cm³/mol. The first-order chi connectivity index (χ1) is 12.2. The van der Waals surface area contributed by atoms with Crippen LogP contribution in [0.5, 0.6) is 0 Å². The lowest BCUT2D eigenvalue weighted by Gasteiger charge is -2.38. The summed E-state index contributed by atoms with van der Waals surface area (Å²) in [5, 5.41) is 9.54. The van der Waals surface area contributed by atoms with E-state index in [4.69, 9.17) is 0 Å². The van der Waals surface area contributed by atoms with Gasteiger partial charge in [-0.15, -0.1) is 24.8 Å². The zero-order valence-corrected chi connectivity index (χ0v) is 16.8. The van der Waals surface area contributed by atoms with Crippen LogP contribution in [0.25, 0.3) is 0 Å². The minimum absolute atomic E-state index is 0. The number of pyridine rings is 1. The first-order valence-corrected chi connectivity index (χ1v) is 8.58. The minimum atomic E-state index is -0.308. The fraction of sp³-hybridized carbons (Fsp3) is 0.350. The van der Waals surface area contributed by atoms with E-state index in [0.717, 1.165) is 11.1 Å². The predicted octanol–water partition coefficient (Wildman–Crippen LogP) is 3.44. The lowest BCUT2D eigenvalue weighted by atomic mass is 9.99. The number of hydrogen-bond donors (Lipinski definition) is 0. The summed E-state index contributed by atoms with van der Waals surface area (Å²) in [5.41, 5.74) is 1.95. The average Bonchev–Trinajstić information content (AvgIpc) is 2.69. The summed E-state index contributed by atoms with van der Waals surface area (Å²) in [7, 11) is 0. The third-order valence-corrected chi connectivity index (χ3v) is 4.78. The van der Waals surface area contributed by atoms with E-state index < -0.39 is 0 Å². The second-order valence-electron chi connectivity index (χ2n) is 6.31. The number of carbonyl (C=O) groups is 1. The number of benzene rings is 1. The van der Waals surface area contributed by atoms with Crippen molar-refractivity contribution in [1.29, 1.82) is 5.26 Å². The van der Waals surface area contributed by atoms with Crippen LogP contribution in [0.4, 0.5) is 0 Å². The molecule has 5 nitrogen and oxygen atoms in total. The van der Waals surface area contributed by atoms with Crippen LogP contribution < -0.4 is 0 Å². The van der Waals surface area contributed by atoms with E-state index in [1.165, 1.54) is 0 Å². The molecule has 1 aliphatic rings. The molecule has 0 N–H and O–H groups in total. The number of piperazine rings is 1. The van der Waals surface area contributed by atoms with Gasteiger partial charge in [-0.05, 0) is 18.6 Å². The number of halogens is 2. The molecule has 0 saturated carbocycles. The van der Waals surface area contributed by atoms with Crippen LogP contribution in [0.15, 0.2) is 54.9 Å². The molecule has 1 aromatic heterocycles. The smallest absolute Gasteiger partial charge is 0.229 e. The molecule has 1 fully saturated rings. The summed E-state index contributed by atoms with van der Waals surface area (Å²) in [6.07, 6.45) is 3.45. The Bertz CT molecular complexity index is 744. The molecule has 1 aliphatic heterocycles. The van der Waals surface area contributed by atoms with Gasteiger partial charge in [0.2, 0.25) is 5.91 Å². The quantitative estimate of drug-likeness (QED) is 0.779. The molecule has 2 atom stereocenters. The third kappa shape index (κ3) is 5.43. The molecule has 2 heterocycles. The molecule has 0 bridgehead atoms. The molecule has 0 radical (unpaired) electrons. The van der Waals surface area contributed by atoms with Crippen molar-refractivity contribution in [3.8, 4) is 6.07 Å². The summed E-state index contributed by atoms with van der Waals surface area (Å²) in [4.78, 5) is 20.9. The largest absolute Gasteiger partial charge is 0.340 e. The molecule has 3 rings (SSSR count). The van der Waals surface area contributed by atoms with Gasteiger partial charge in [0.15, 0.2) is 0 Å². The summed E-state index contributed by atoms with van der Waals surface area (Å²) >= 11 is 0. The topological polar surface area (TPSA) is 60.2 Å². The Hall–Kier alpha value is -2.13. The van der Waals surface area contributed by atoms with Crippen molar-refractivity contribution in [2.75, 3.05) is 26.2 Å². The van der Waals surface area contributed by atoms with E-state index in [0.29, 0.717) is 26.2 Å². The molecule has 2 aromatic rings. The molecular weight excluding hydrogens is 383 g/mol. The molecule has 1 saturated heterocycles. The van der Waals surface area contributed by atoms with E-state index in [1.54, 1.807) is 12.4 Å². The molecule has 1 aromatic carbocycles. The average molecular weight is 407 g/mol. The zero-order chi connectivity index (χ0) is 17.6. The van der Waals surface area contributed by atoms with Crippen molar-refractivity contribution in [1.82, 2.24) is 14.8 Å². The highest BCUT2D eigenvalue weighted by molar-refractivity contribution is 5.85. The first-order valence-electron chi connectivity index (χ1n) is 8.58. The van der Waals surface area contributed by atoms with Crippen LogP contribution in [-0.2, 0) is 4.79 Å². The van der Waals surface area contributed by atoms with Gasteiger partial charge in [0, 0.05) is 44.1 Å². The number of aromatic nitrogens is 1. The van der Waals surface area contributed by atoms with Gasteiger partial charge in [0.05, 0.1) is 12.0 Å². The Balaban J connectivity index is 0.00000182. The molecule has 7 heteroatoms. The van der Waals surface area contributed by atoms with Gasteiger partial charge >= 0.3 is 0 Å². The van der Waals surface area contributed by atoms with Gasteiger partial charge in [-0.1, -0.05) is 36.4 Å². The lowest BCUT2D eigenvalue weighted by molar-refractivity contribution is -0.134. The Morgan fingerprint density at radius 3 is 2.22 bits per heavy atom. The van der Waals surface area contributed by atoms with Crippen LogP contribution in [0.2, 0.25) is 0 Å². The van der Waals surface area contributed by atoms with E-state index in [9.17, 15) is 10.1 Å². The number of hydrogen-bond acceptors (Lipinski definition) is 4. The van der Waals surface area contributed by atoms with E-state index in [2.05, 4.69) is 16.0 Å². The van der Waals surface area contributed by atoms with E-state index >= 15 is 0 Å². The molecule has 27 heavy (non-hydrogen) atoms. The fourth-order valence-electron chi connectivity index (χ4n) is 3.26. The van der Waals surface area contributed by atoms with Gasteiger partial charge in [0.1, 0.15) is 6.04 Å². The number of nitrogens with zero attached hydrogens (tertiary/aromatic N) is 4. The standard InChI is InChI=1S/C20H22N4O.2ClH/c1-16(17-6-3-2-4-7-17)20(25)24-12-10-23(11-13-24)19(14-21)18-8-5-9-22-15-18;;/h2-9,15-16,19H,10-13H2,1H3;2*1H. The van der Waals surface area contributed by atoms with Crippen LogP contribution in [0.3, 0.4) is 0 Å². The minimum Gasteiger partial charge on any atom is -0.340 e. The van der Waals surface area contributed by atoms with Crippen LogP contribution >= 0.6 is 24.8 Å². The SMILES string of the molecule is CC(C(=O)N1CCN(C(C#N)c2cccnc2)CC1)c1ccccc1.Cl.Cl. The third-order valence-electron chi connectivity index (χ3n) is 4.78. The van der Waals surface area contributed by atoms with Gasteiger partial charge in [0.25, 0.3) is 0 Å². The maximum atomic E-state index is 12.7. The van der Waals surface area contributed by atoms with Crippen LogP contribution in [-0.4, -0.2) is 46.9 Å². The Kier molecular flexibility index (Phi) is 9.23. The number of nitriles is 1. The highest BCUT2D eigenvalue weighted by Crippen LogP contribution is 2.23. The van der Waals surface area contributed by atoms with Crippen molar-refractivity contribution >= 4 is 30.7 Å². The second kappa shape index (κ2) is 10.9. The molecule has 0 aliphatic carbocycles. The van der Waals surface area contributed by atoms with Crippen molar-refractivity contribution in [2.24, 2.45) is 0 Å². The first kappa shape index (κ1) is 22.9.